The van der Waals surface area contributed by atoms with Crippen LogP contribution in [0.25, 0.3) is 5.69 Å². The summed E-state index contributed by atoms with van der Waals surface area (Å²) in [5, 5.41) is 15.7. The molecular weight excluding hydrogens is 499 g/mol. The Labute approximate surface area is 205 Å². The summed E-state index contributed by atoms with van der Waals surface area (Å²) >= 11 is 0. The van der Waals surface area contributed by atoms with Gasteiger partial charge in [0, 0.05) is 24.6 Å². The Morgan fingerprint density at radius 1 is 1.08 bits per heavy atom. The third-order valence-corrected chi connectivity index (χ3v) is 7.84. The van der Waals surface area contributed by atoms with Crippen LogP contribution in [0.5, 0.6) is 0 Å². The summed E-state index contributed by atoms with van der Waals surface area (Å²) in [7, 11) is -4.04. The quantitative estimate of drug-likeness (QED) is 0.343. The fourth-order valence-corrected chi connectivity index (χ4v) is 5.70. The number of benzene rings is 2. The third kappa shape index (κ3) is 5.51. The fraction of sp³-hybridized carbons (Fsp3) is 0.348. The molecule has 9 nitrogen and oxygen atoms in total. The van der Waals surface area contributed by atoms with Crippen molar-refractivity contribution in [2.75, 3.05) is 12.3 Å². The predicted octanol–water partition coefficient (Wildman–Crippen LogP) is 4.63. The van der Waals surface area contributed by atoms with Crippen molar-refractivity contribution in [2.45, 2.75) is 42.7 Å². The number of alkyl halides is 3. The van der Waals surface area contributed by atoms with Gasteiger partial charge in [-0.15, -0.1) is 0 Å². The molecule has 1 fully saturated rings. The Morgan fingerprint density at radius 2 is 1.72 bits per heavy atom. The lowest BCUT2D eigenvalue weighted by atomic mass is 9.80. The average molecular weight is 524 g/mol. The number of nitrogens with one attached hydrogen (secondary N) is 1. The maximum absolute atomic E-state index is 12.8. The number of rotatable bonds is 7. The zero-order chi connectivity index (χ0) is 26.1. The van der Waals surface area contributed by atoms with Gasteiger partial charge in [0.2, 0.25) is 10.0 Å². The Bertz CT molecular complexity index is 1350. The number of nitrogens with two attached hydrogens (primary N) is 1. The van der Waals surface area contributed by atoms with Crippen molar-refractivity contribution in [3.63, 3.8) is 0 Å². The fourth-order valence-electron chi connectivity index (χ4n) is 4.42. The topological polar surface area (TPSA) is 133 Å². The van der Waals surface area contributed by atoms with Gasteiger partial charge in [-0.1, -0.05) is 12.1 Å². The summed E-state index contributed by atoms with van der Waals surface area (Å²) in [6.07, 6.45) is -1.57. The highest BCUT2D eigenvalue weighted by atomic mass is 32.2. The Kier molecular flexibility index (Phi) is 7.05. The first-order valence-corrected chi connectivity index (χ1v) is 12.7. The number of nitro benzene ring substituents is 1. The number of hydrogen-bond donors (Lipinski definition) is 2. The van der Waals surface area contributed by atoms with Crippen molar-refractivity contribution in [3.8, 4) is 5.69 Å². The smallest absolute Gasteiger partial charge is 0.384 e. The van der Waals surface area contributed by atoms with Crippen molar-refractivity contribution in [2.24, 2.45) is 5.92 Å². The molecule has 3 aromatic rings. The SMILES string of the molecule is Nc1cc(C2CCC(CNS(=O)(=O)c3ccccc3[N+](=O)[O-])CC2)nn1-c1ccc(C(F)(F)F)cc1. The first-order valence-electron chi connectivity index (χ1n) is 11.2. The van der Waals surface area contributed by atoms with Gasteiger partial charge in [0.25, 0.3) is 5.69 Å². The van der Waals surface area contributed by atoms with E-state index in [4.69, 9.17) is 5.73 Å². The lowest BCUT2D eigenvalue weighted by Crippen LogP contribution is -2.31. The largest absolute Gasteiger partial charge is 0.416 e. The van der Waals surface area contributed by atoms with Crippen LogP contribution in [-0.2, 0) is 16.2 Å². The monoisotopic (exact) mass is 523 g/mol. The van der Waals surface area contributed by atoms with Gasteiger partial charge < -0.3 is 5.73 Å². The highest BCUT2D eigenvalue weighted by Gasteiger charge is 2.31. The predicted molar refractivity (Wildman–Crippen MR) is 126 cm³/mol. The van der Waals surface area contributed by atoms with Crippen molar-refractivity contribution >= 4 is 21.5 Å². The second-order valence-electron chi connectivity index (χ2n) is 8.74. The standard InChI is InChI=1S/C23H24F3N5O4S/c24-23(25,26)17-9-11-18(12-10-17)30-22(27)13-19(29-30)16-7-5-15(6-8-16)14-28-36(34,35)21-4-2-1-3-20(21)31(32)33/h1-4,9-13,15-16,28H,5-8,14,27H2. The van der Waals surface area contributed by atoms with Gasteiger partial charge in [0.1, 0.15) is 5.82 Å². The minimum Gasteiger partial charge on any atom is -0.384 e. The van der Waals surface area contributed by atoms with Crippen LogP contribution in [0, 0.1) is 16.0 Å². The van der Waals surface area contributed by atoms with Crippen molar-refractivity contribution < 1.29 is 26.5 Å². The molecule has 1 saturated carbocycles. The van der Waals surface area contributed by atoms with E-state index in [0.717, 1.165) is 36.7 Å². The molecule has 0 atom stereocenters. The molecule has 0 aliphatic heterocycles. The normalized spacial score (nSPS) is 18.8. The van der Waals surface area contributed by atoms with E-state index in [0.29, 0.717) is 24.3 Å². The second-order valence-corrected chi connectivity index (χ2v) is 10.5. The van der Waals surface area contributed by atoms with E-state index in [2.05, 4.69) is 9.82 Å². The Hall–Kier alpha value is -3.45. The summed E-state index contributed by atoms with van der Waals surface area (Å²) in [5.41, 5.74) is 5.98. The zero-order valence-electron chi connectivity index (χ0n) is 19.0. The molecule has 1 aromatic heterocycles. The Morgan fingerprint density at radius 3 is 2.33 bits per heavy atom. The average Bonchev–Trinajstić information content (AvgIpc) is 3.24. The maximum Gasteiger partial charge on any atom is 0.416 e. The van der Waals surface area contributed by atoms with Gasteiger partial charge >= 0.3 is 6.18 Å². The number of halogens is 3. The molecule has 192 valence electrons. The number of nitrogen functional groups attached to an aromatic ring is 1. The van der Waals surface area contributed by atoms with Gasteiger partial charge in [-0.3, -0.25) is 10.1 Å². The van der Waals surface area contributed by atoms with E-state index in [1.54, 1.807) is 6.07 Å². The maximum atomic E-state index is 12.8. The first kappa shape index (κ1) is 25.6. The summed E-state index contributed by atoms with van der Waals surface area (Å²) in [5.74, 6) is 0.434. The van der Waals surface area contributed by atoms with Crippen LogP contribution in [0.3, 0.4) is 0 Å². The minimum absolute atomic E-state index is 0.0492. The number of nitro groups is 1. The van der Waals surface area contributed by atoms with E-state index in [1.807, 2.05) is 0 Å². The molecule has 1 aliphatic carbocycles. The number of nitrogens with zero attached hydrogens (tertiary/aromatic N) is 3. The summed E-state index contributed by atoms with van der Waals surface area (Å²) in [6, 6.07) is 11.5. The molecule has 1 heterocycles. The highest BCUT2D eigenvalue weighted by molar-refractivity contribution is 7.89. The van der Waals surface area contributed by atoms with Crippen LogP contribution in [0.2, 0.25) is 0 Å². The number of hydrogen-bond acceptors (Lipinski definition) is 6. The lowest BCUT2D eigenvalue weighted by Gasteiger charge is -2.27. The van der Waals surface area contributed by atoms with Crippen molar-refractivity contribution in [1.29, 1.82) is 0 Å². The second kappa shape index (κ2) is 9.90. The molecule has 4 rings (SSSR count). The van der Waals surface area contributed by atoms with Crippen LogP contribution in [-0.4, -0.2) is 29.7 Å². The number of sulfonamides is 1. The van der Waals surface area contributed by atoms with Gasteiger partial charge in [-0.2, -0.15) is 18.3 Å². The van der Waals surface area contributed by atoms with Crippen molar-refractivity contribution in [3.05, 3.63) is 76.0 Å². The molecule has 0 saturated heterocycles. The van der Waals surface area contributed by atoms with E-state index in [1.165, 1.54) is 35.0 Å². The van der Waals surface area contributed by atoms with E-state index in [9.17, 15) is 31.7 Å². The van der Waals surface area contributed by atoms with Gasteiger partial charge in [0.15, 0.2) is 4.90 Å². The molecule has 36 heavy (non-hydrogen) atoms. The van der Waals surface area contributed by atoms with Gasteiger partial charge in [-0.25, -0.2) is 17.8 Å². The molecule has 0 unspecified atom stereocenters. The van der Waals surface area contributed by atoms with Crippen LogP contribution in [0.4, 0.5) is 24.7 Å². The third-order valence-electron chi connectivity index (χ3n) is 6.37. The highest BCUT2D eigenvalue weighted by Crippen LogP contribution is 2.36. The number of aromatic nitrogens is 2. The molecule has 0 amide bonds. The van der Waals surface area contributed by atoms with Gasteiger partial charge in [-0.05, 0) is 61.9 Å². The number of anilines is 1. The lowest BCUT2D eigenvalue weighted by molar-refractivity contribution is -0.387. The van der Waals surface area contributed by atoms with E-state index >= 15 is 0 Å². The number of para-hydroxylation sites is 1. The first-order chi connectivity index (χ1) is 17.0. The van der Waals surface area contributed by atoms with Crippen LogP contribution < -0.4 is 10.5 Å². The molecule has 0 radical (unpaired) electrons. The molecule has 13 heteroatoms. The summed E-state index contributed by atoms with van der Waals surface area (Å²) in [4.78, 5) is 10.1. The van der Waals surface area contributed by atoms with E-state index in [-0.39, 0.29) is 23.3 Å². The summed E-state index contributed by atoms with van der Waals surface area (Å²) in [6.45, 7) is 0.156. The molecule has 0 bridgehead atoms. The molecular formula is C23H24F3N5O4S. The van der Waals surface area contributed by atoms with Crippen LogP contribution in [0.1, 0.15) is 42.9 Å². The summed E-state index contributed by atoms with van der Waals surface area (Å²) < 4.78 is 67.6. The van der Waals surface area contributed by atoms with E-state index < -0.39 is 32.4 Å². The molecule has 3 N–H and O–H groups in total. The van der Waals surface area contributed by atoms with Crippen LogP contribution in [0.15, 0.2) is 59.5 Å². The minimum atomic E-state index is -4.43. The van der Waals surface area contributed by atoms with Crippen molar-refractivity contribution in [1.82, 2.24) is 14.5 Å². The zero-order valence-corrected chi connectivity index (χ0v) is 19.8. The molecule has 2 aromatic carbocycles. The molecule has 0 spiro atoms. The van der Waals surface area contributed by atoms with Gasteiger partial charge in [0.05, 0.1) is 21.9 Å². The Balaban J connectivity index is 1.37. The van der Waals surface area contributed by atoms with Crippen LogP contribution >= 0.6 is 0 Å². The molecule has 1 aliphatic rings.